The first-order valence-corrected chi connectivity index (χ1v) is 7.10. The highest BCUT2D eigenvalue weighted by Gasteiger charge is 2.26. The molecule has 2 rings (SSSR count). The molecule has 1 fully saturated rings. The first-order chi connectivity index (χ1) is 8.49. The lowest BCUT2D eigenvalue weighted by atomic mass is 10.1. The number of hydrogen-bond donors (Lipinski definition) is 0. The SMILES string of the molecule is CC1CN(C)CCN1C(=O)c1ccc(Br)c(Cl)c1. The summed E-state index contributed by atoms with van der Waals surface area (Å²) in [6.07, 6.45) is 0. The lowest BCUT2D eigenvalue weighted by Crippen LogP contribution is -2.52. The van der Waals surface area contributed by atoms with Crippen LogP contribution in [0, 0.1) is 0 Å². The summed E-state index contributed by atoms with van der Waals surface area (Å²) in [6, 6.07) is 5.58. The van der Waals surface area contributed by atoms with Crippen molar-refractivity contribution in [2.24, 2.45) is 0 Å². The molecule has 1 aromatic rings. The van der Waals surface area contributed by atoms with Gasteiger partial charge in [-0.3, -0.25) is 4.79 Å². The molecule has 3 nitrogen and oxygen atoms in total. The van der Waals surface area contributed by atoms with Crippen LogP contribution < -0.4 is 0 Å². The van der Waals surface area contributed by atoms with Crippen LogP contribution in [-0.2, 0) is 0 Å². The molecule has 1 aromatic carbocycles. The van der Waals surface area contributed by atoms with Crippen molar-refractivity contribution in [2.45, 2.75) is 13.0 Å². The van der Waals surface area contributed by atoms with Crippen molar-refractivity contribution in [3.63, 3.8) is 0 Å². The van der Waals surface area contributed by atoms with E-state index in [-0.39, 0.29) is 11.9 Å². The van der Waals surface area contributed by atoms with E-state index in [9.17, 15) is 4.79 Å². The Hall–Kier alpha value is -0.580. The summed E-state index contributed by atoms with van der Waals surface area (Å²) in [5, 5.41) is 0.572. The van der Waals surface area contributed by atoms with E-state index in [0.717, 1.165) is 24.1 Å². The Morgan fingerprint density at radius 2 is 2.17 bits per heavy atom. The normalized spacial score (nSPS) is 21.1. The Morgan fingerprint density at radius 3 is 2.78 bits per heavy atom. The van der Waals surface area contributed by atoms with Crippen LogP contribution in [-0.4, -0.2) is 48.4 Å². The Balaban J connectivity index is 2.18. The topological polar surface area (TPSA) is 23.6 Å². The molecule has 98 valence electrons. The van der Waals surface area contributed by atoms with E-state index < -0.39 is 0 Å². The highest BCUT2D eigenvalue weighted by atomic mass is 79.9. The Bertz CT molecular complexity index is 466. The van der Waals surface area contributed by atoms with Crippen molar-refractivity contribution < 1.29 is 4.79 Å². The average molecular weight is 332 g/mol. The molecule has 0 bridgehead atoms. The first kappa shape index (κ1) is 13.8. The number of halogens is 2. The fourth-order valence-corrected chi connectivity index (χ4v) is 2.66. The molecular formula is C13H16BrClN2O. The molecule has 0 radical (unpaired) electrons. The number of rotatable bonds is 1. The van der Waals surface area contributed by atoms with Gasteiger partial charge in [-0.05, 0) is 48.1 Å². The van der Waals surface area contributed by atoms with Crippen molar-refractivity contribution >= 4 is 33.4 Å². The maximum absolute atomic E-state index is 12.4. The van der Waals surface area contributed by atoms with E-state index >= 15 is 0 Å². The minimum atomic E-state index is 0.0602. The van der Waals surface area contributed by atoms with Crippen molar-refractivity contribution in [1.29, 1.82) is 0 Å². The maximum Gasteiger partial charge on any atom is 0.254 e. The lowest BCUT2D eigenvalue weighted by Gasteiger charge is -2.38. The number of nitrogens with zero attached hydrogens (tertiary/aromatic N) is 2. The van der Waals surface area contributed by atoms with Gasteiger partial charge in [0.1, 0.15) is 0 Å². The Labute approximate surface area is 121 Å². The molecule has 1 aliphatic heterocycles. The zero-order valence-electron chi connectivity index (χ0n) is 10.5. The molecule has 0 N–H and O–H groups in total. The Morgan fingerprint density at radius 1 is 1.44 bits per heavy atom. The summed E-state index contributed by atoms with van der Waals surface area (Å²) in [4.78, 5) is 16.6. The lowest BCUT2D eigenvalue weighted by molar-refractivity contribution is 0.0533. The molecule has 0 aromatic heterocycles. The minimum absolute atomic E-state index is 0.0602. The van der Waals surface area contributed by atoms with E-state index in [1.165, 1.54) is 0 Å². The molecule has 1 amide bonds. The number of piperazine rings is 1. The number of carbonyl (C=O) groups excluding carboxylic acids is 1. The standard InChI is InChI=1S/C13H16BrClN2O/c1-9-8-16(2)5-6-17(9)13(18)10-3-4-11(14)12(15)7-10/h3-4,7,9H,5-6,8H2,1-2H3. The third kappa shape index (κ3) is 2.87. The van der Waals surface area contributed by atoms with Crippen molar-refractivity contribution in [1.82, 2.24) is 9.80 Å². The molecule has 0 saturated carbocycles. The van der Waals surface area contributed by atoms with Gasteiger partial charge in [-0.25, -0.2) is 0 Å². The predicted molar refractivity (Wildman–Crippen MR) is 77.1 cm³/mol. The van der Waals surface area contributed by atoms with Crippen LogP contribution >= 0.6 is 27.5 Å². The van der Waals surface area contributed by atoms with Crippen LogP contribution in [0.5, 0.6) is 0 Å². The summed E-state index contributed by atoms with van der Waals surface area (Å²) in [7, 11) is 2.08. The average Bonchev–Trinajstić information content (AvgIpc) is 2.32. The van der Waals surface area contributed by atoms with Crippen LogP contribution in [0.1, 0.15) is 17.3 Å². The number of carbonyl (C=O) groups is 1. The van der Waals surface area contributed by atoms with Crippen LogP contribution in [0.2, 0.25) is 5.02 Å². The molecule has 1 heterocycles. The molecular weight excluding hydrogens is 316 g/mol. The van der Waals surface area contributed by atoms with Gasteiger partial charge in [-0.2, -0.15) is 0 Å². The summed E-state index contributed by atoms with van der Waals surface area (Å²) in [5.41, 5.74) is 0.652. The van der Waals surface area contributed by atoms with Crippen molar-refractivity contribution in [3.05, 3.63) is 33.3 Å². The van der Waals surface area contributed by atoms with Crippen LogP contribution in [0.15, 0.2) is 22.7 Å². The molecule has 5 heteroatoms. The van der Waals surface area contributed by atoms with Crippen molar-refractivity contribution in [2.75, 3.05) is 26.7 Å². The second kappa shape index (κ2) is 5.59. The quantitative estimate of drug-likeness (QED) is 0.790. The Kier molecular flexibility index (Phi) is 4.30. The van der Waals surface area contributed by atoms with Crippen LogP contribution in [0.4, 0.5) is 0 Å². The fraction of sp³-hybridized carbons (Fsp3) is 0.462. The highest BCUT2D eigenvalue weighted by Crippen LogP contribution is 2.24. The molecule has 1 aliphatic rings. The van der Waals surface area contributed by atoms with Gasteiger partial charge in [0.05, 0.1) is 5.02 Å². The van der Waals surface area contributed by atoms with E-state index in [1.54, 1.807) is 6.07 Å². The van der Waals surface area contributed by atoms with E-state index in [1.807, 2.05) is 17.0 Å². The second-order valence-electron chi connectivity index (χ2n) is 4.74. The monoisotopic (exact) mass is 330 g/mol. The zero-order chi connectivity index (χ0) is 13.3. The molecule has 1 unspecified atom stereocenters. The number of benzene rings is 1. The second-order valence-corrected chi connectivity index (χ2v) is 6.00. The summed E-state index contributed by atoms with van der Waals surface area (Å²) < 4.78 is 0.812. The summed E-state index contributed by atoms with van der Waals surface area (Å²) in [6.45, 7) is 4.68. The highest BCUT2D eigenvalue weighted by molar-refractivity contribution is 9.10. The van der Waals surface area contributed by atoms with E-state index in [4.69, 9.17) is 11.6 Å². The van der Waals surface area contributed by atoms with Gasteiger partial charge in [0.15, 0.2) is 0 Å². The summed E-state index contributed by atoms with van der Waals surface area (Å²) >= 11 is 9.36. The zero-order valence-corrected chi connectivity index (χ0v) is 12.8. The smallest absolute Gasteiger partial charge is 0.254 e. The van der Waals surface area contributed by atoms with Crippen LogP contribution in [0.3, 0.4) is 0 Å². The minimum Gasteiger partial charge on any atom is -0.333 e. The number of hydrogen-bond acceptors (Lipinski definition) is 2. The summed E-state index contributed by atoms with van der Waals surface area (Å²) in [5.74, 6) is 0.0602. The first-order valence-electron chi connectivity index (χ1n) is 5.93. The van der Waals surface area contributed by atoms with Crippen molar-refractivity contribution in [3.8, 4) is 0 Å². The van der Waals surface area contributed by atoms with Gasteiger partial charge in [-0.15, -0.1) is 0 Å². The van der Waals surface area contributed by atoms with Crippen LogP contribution in [0.25, 0.3) is 0 Å². The third-order valence-corrected chi connectivity index (χ3v) is 4.49. The predicted octanol–water partition coefficient (Wildman–Crippen LogP) is 2.88. The maximum atomic E-state index is 12.4. The van der Waals surface area contributed by atoms with Gasteiger partial charge in [0.2, 0.25) is 0 Å². The van der Waals surface area contributed by atoms with Gasteiger partial charge in [-0.1, -0.05) is 11.6 Å². The van der Waals surface area contributed by atoms with Gasteiger partial charge < -0.3 is 9.80 Å². The van der Waals surface area contributed by atoms with Gasteiger partial charge in [0, 0.05) is 35.7 Å². The largest absolute Gasteiger partial charge is 0.333 e. The molecule has 1 atom stereocenters. The third-order valence-electron chi connectivity index (χ3n) is 3.26. The number of amides is 1. The molecule has 18 heavy (non-hydrogen) atoms. The molecule has 0 spiro atoms. The van der Waals surface area contributed by atoms with Gasteiger partial charge in [0.25, 0.3) is 5.91 Å². The molecule has 0 aliphatic carbocycles. The van der Waals surface area contributed by atoms with E-state index in [0.29, 0.717) is 10.6 Å². The number of likely N-dealkylation sites (N-methyl/N-ethyl adjacent to an activating group) is 1. The van der Waals surface area contributed by atoms with Gasteiger partial charge >= 0.3 is 0 Å². The fourth-order valence-electron chi connectivity index (χ4n) is 2.24. The molecule has 1 saturated heterocycles. The van der Waals surface area contributed by atoms with E-state index in [2.05, 4.69) is 34.8 Å².